The van der Waals surface area contributed by atoms with Gasteiger partial charge in [0.25, 0.3) is 5.91 Å². The van der Waals surface area contributed by atoms with Crippen LogP contribution in [0.1, 0.15) is 16.1 Å². The summed E-state index contributed by atoms with van der Waals surface area (Å²) in [6, 6.07) is 8.86. The summed E-state index contributed by atoms with van der Waals surface area (Å²) in [4.78, 5) is 16.1. The van der Waals surface area contributed by atoms with E-state index < -0.39 is 0 Å². The van der Waals surface area contributed by atoms with Crippen LogP contribution in [0, 0.1) is 0 Å². The van der Waals surface area contributed by atoms with Crippen molar-refractivity contribution < 1.29 is 14.3 Å². The monoisotopic (exact) mass is 350 g/mol. The molecule has 0 atom stereocenters. The fraction of sp³-hybridized carbons (Fsp3) is 0.200. The molecule has 0 saturated heterocycles. The van der Waals surface area contributed by atoms with Gasteiger partial charge in [0.15, 0.2) is 0 Å². The molecule has 1 N–H and O–H groups in total. The predicted octanol–water partition coefficient (Wildman–Crippen LogP) is 2.79. The Morgan fingerprint density at radius 1 is 1.24 bits per heavy atom. The van der Waals surface area contributed by atoms with Crippen molar-refractivity contribution in [2.24, 2.45) is 0 Å². The third-order valence-corrected chi connectivity index (χ3v) is 3.36. The van der Waals surface area contributed by atoms with Gasteiger partial charge >= 0.3 is 0 Å². The van der Waals surface area contributed by atoms with Crippen molar-refractivity contribution in [1.82, 2.24) is 10.3 Å². The van der Waals surface area contributed by atoms with Crippen LogP contribution in [0.2, 0.25) is 0 Å². The largest absolute Gasteiger partial charge is 0.497 e. The molecule has 1 heterocycles. The number of methoxy groups -OCH3 is 2. The number of pyridine rings is 1. The molecule has 21 heavy (non-hydrogen) atoms. The van der Waals surface area contributed by atoms with E-state index >= 15 is 0 Å². The van der Waals surface area contributed by atoms with Crippen molar-refractivity contribution in [3.63, 3.8) is 0 Å². The van der Waals surface area contributed by atoms with Crippen LogP contribution in [0.25, 0.3) is 0 Å². The van der Waals surface area contributed by atoms with Gasteiger partial charge in [-0.2, -0.15) is 0 Å². The number of nitrogens with zero attached hydrogens (tertiary/aromatic N) is 1. The molecular formula is C15H15BrN2O3. The highest BCUT2D eigenvalue weighted by atomic mass is 79.9. The van der Waals surface area contributed by atoms with Crippen LogP contribution in [-0.2, 0) is 6.54 Å². The molecule has 2 aromatic rings. The number of carbonyl (C=O) groups excluding carboxylic acids is 1. The minimum absolute atomic E-state index is 0.243. The average molecular weight is 351 g/mol. The molecule has 2 rings (SSSR count). The molecule has 0 aliphatic carbocycles. The zero-order valence-electron chi connectivity index (χ0n) is 11.7. The summed E-state index contributed by atoms with van der Waals surface area (Å²) in [5.41, 5.74) is 1.20. The quantitative estimate of drug-likeness (QED) is 0.900. The molecule has 1 amide bonds. The third kappa shape index (κ3) is 3.95. The number of nitrogens with one attached hydrogen (secondary N) is 1. The molecule has 6 heteroatoms. The lowest BCUT2D eigenvalue weighted by atomic mass is 10.2. The second kappa shape index (κ2) is 7.08. The van der Waals surface area contributed by atoms with Gasteiger partial charge < -0.3 is 14.8 Å². The van der Waals surface area contributed by atoms with Crippen LogP contribution in [-0.4, -0.2) is 25.1 Å². The summed E-state index contributed by atoms with van der Waals surface area (Å²) < 4.78 is 11.3. The van der Waals surface area contributed by atoms with E-state index in [2.05, 4.69) is 26.2 Å². The Labute approximate surface area is 131 Å². The number of hydrogen-bond donors (Lipinski definition) is 1. The average Bonchev–Trinajstić information content (AvgIpc) is 2.52. The highest BCUT2D eigenvalue weighted by Crippen LogP contribution is 2.23. The van der Waals surface area contributed by atoms with E-state index in [-0.39, 0.29) is 5.91 Å². The van der Waals surface area contributed by atoms with Crippen molar-refractivity contribution in [2.45, 2.75) is 6.54 Å². The van der Waals surface area contributed by atoms with E-state index in [9.17, 15) is 4.79 Å². The van der Waals surface area contributed by atoms with Gasteiger partial charge in [0.1, 0.15) is 17.2 Å². The Balaban J connectivity index is 2.08. The van der Waals surface area contributed by atoms with Crippen LogP contribution in [0.5, 0.6) is 11.5 Å². The van der Waals surface area contributed by atoms with Crippen molar-refractivity contribution in [2.75, 3.05) is 14.2 Å². The molecule has 110 valence electrons. The zero-order chi connectivity index (χ0) is 15.2. The SMILES string of the molecule is COc1ccc(OC)c(CNC(=O)c2ccc(Br)cn2)c1. The summed E-state index contributed by atoms with van der Waals surface area (Å²) >= 11 is 3.28. The predicted molar refractivity (Wildman–Crippen MR) is 82.7 cm³/mol. The van der Waals surface area contributed by atoms with Crippen LogP contribution >= 0.6 is 15.9 Å². The zero-order valence-corrected chi connectivity index (χ0v) is 13.3. The number of halogens is 1. The maximum absolute atomic E-state index is 12.0. The van der Waals surface area contributed by atoms with Gasteiger partial charge in [0.05, 0.1) is 14.2 Å². The summed E-state index contributed by atoms with van der Waals surface area (Å²) in [5, 5.41) is 2.81. The van der Waals surface area contributed by atoms with Crippen molar-refractivity contribution in [3.05, 3.63) is 52.3 Å². The summed E-state index contributed by atoms with van der Waals surface area (Å²) in [7, 11) is 3.18. The molecule has 0 radical (unpaired) electrons. The van der Waals surface area contributed by atoms with Gasteiger partial charge in [-0.25, -0.2) is 4.98 Å². The number of hydrogen-bond acceptors (Lipinski definition) is 4. The van der Waals surface area contributed by atoms with E-state index in [1.54, 1.807) is 44.7 Å². The van der Waals surface area contributed by atoms with E-state index in [1.165, 1.54) is 0 Å². The van der Waals surface area contributed by atoms with Crippen molar-refractivity contribution in [3.8, 4) is 11.5 Å². The summed E-state index contributed by atoms with van der Waals surface area (Å²) in [5.74, 6) is 1.16. The molecule has 0 aliphatic heterocycles. The van der Waals surface area contributed by atoms with Crippen molar-refractivity contribution >= 4 is 21.8 Å². The van der Waals surface area contributed by atoms with E-state index in [4.69, 9.17) is 9.47 Å². The minimum atomic E-state index is -0.243. The summed E-state index contributed by atoms with van der Waals surface area (Å²) in [6.45, 7) is 0.330. The first-order chi connectivity index (χ1) is 10.1. The van der Waals surface area contributed by atoms with Gasteiger partial charge in [0, 0.05) is 22.8 Å². The number of ether oxygens (including phenoxy) is 2. The maximum atomic E-state index is 12.0. The third-order valence-electron chi connectivity index (χ3n) is 2.89. The Morgan fingerprint density at radius 3 is 2.67 bits per heavy atom. The van der Waals surface area contributed by atoms with Gasteiger partial charge in [-0.15, -0.1) is 0 Å². The lowest BCUT2D eigenvalue weighted by Crippen LogP contribution is -2.24. The van der Waals surface area contributed by atoms with Crippen LogP contribution in [0.3, 0.4) is 0 Å². The first-order valence-electron chi connectivity index (χ1n) is 6.24. The highest BCUT2D eigenvalue weighted by Gasteiger charge is 2.10. The normalized spacial score (nSPS) is 10.0. The van der Waals surface area contributed by atoms with Gasteiger partial charge in [-0.05, 0) is 46.3 Å². The maximum Gasteiger partial charge on any atom is 0.270 e. The van der Waals surface area contributed by atoms with E-state index in [1.807, 2.05) is 6.07 Å². The Bertz CT molecular complexity index is 629. The first kappa shape index (κ1) is 15.3. The number of amides is 1. The summed E-state index contributed by atoms with van der Waals surface area (Å²) in [6.07, 6.45) is 1.58. The smallest absolute Gasteiger partial charge is 0.270 e. The standard InChI is InChI=1S/C15H15BrN2O3/c1-20-12-4-6-14(21-2)10(7-12)8-18-15(19)13-5-3-11(16)9-17-13/h3-7,9H,8H2,1-2H3,(H,18,19). The Morgan fingerprint density at radius 2 is 2.05 bits per heavy atom. The van der Waals surface area contributed by atoms with Crippen molar-refractivity contribution in [1.29, 1.82) is 0 Å². The van der Waals surface area contributed by atoms with Crippen LogP contribution in [0.15, 0.2) is 41.0 Å². The number of benzene rings is 1. The second-order valence-corrected chi connectivity index (χ2v) is 5.14. The Hall–Kier alpha value is -2.08. The number of rotatable bonds is 5. The van der Waals surface area contributed by atoms with Gasteiger partial charge in [0.2, 0.25) is 0 Å². The molecule has 1 aromatic carbocycles. The van der Waals surface area contributed by atoms with Gasteiger partial charge in [-0.3, -0.25) is 4.79 Å². The minimum Gasteiger partial charge on any atom is -0.497 e. The lowest BCUT2D eigenvalue weighted by Gasteiger charge is -2.11. The molecule has 5 nitrogen and oxygen atoms in total. The topological polar surface area (TPSA) is 60.5 Å². The number of aromatic nitrogens is 1. The number of carbonyl (C=O) groups is 1. The van der Waals surface area contributed by atoms with Crippen LogP contribution < -0.4 is 14.8 Å². The van der Waals surface area contributed by atoms with Crippen LogP contribution in [0.4, 0.5) is 0 Å². The lowest BCUT2D eigenvalue weighted by molar-refractivity contribution is 0.0945. The molecule has 0 unspecified atom stereocenters. The molecule has 0 fully saturated rings. The molecular weight excluding hydrogens is 336 g/mol. The first-order valence-corrected chi connectivity index (χ1v) is 7.04. The molecule has 0 bridgehead atoms. The van der Waals surface area contributed by atoms with Gasteiger partial charge in [-0.1, -0.05) is 0 Å². The van der Waals surface area contributed by atoms with E-state index in [0.717, 1.165) is 10.0 Å². The molecule has 0 saturated carbocycles. The fourth-order valence-corrected chi connectivity index (χ4v) is 2.03. The highest BCUT2D eigenvalue weighted by molar-refractivity contribution is 9.10. The molecule has 1 aromatic heterocycles. The Kier molecular flexibility index (Phi) is 5.16. The second-order valence-electron chi connectivity index (χ2n) is 4.22. The molecule has 0 aliphatic rings. The van der Waals surface area contributed by atoms with E-state index in [0.29, 0.717) is 23.7 Å². The molecule has 0 spiro atoms. The fourth-order valence-electron chi connectivity index (χ4n) is 1.80.